The Morgan fingerprint density at radius 2 is 2.16 bits per heavy atom. The molecule has 9 heteroatoms. The summed E-state index contributed by atoms with van der Waals surface area (Å²) in [5, 5.41) is 11.0. The molecule has 0 atom stereocenters. The van der Waals surface area contributed by atoms with Gasteiger partial charge in [0, 0.05) is 35.9 Å². The lowest BCUT2D eigenvalue weighted by Crippen LogP contribution is -2.38. The van der Waals surface area contributed by atoms with E-state index in [-0.39, 0.29) is 11.8 Å². The number of hydrogen-bond donors (Lipinski definition) is 1. The number of amides is 1. The van der Waals surface area contributed by atoms with Crippen molar-refractivity contribution in [2.45, 2.75) is 12.8 Å². The third kappa shape index (κ3) is 3.47. The van der Waals surface area contributed by atoms with Crippen LogP contribution in [-0.2, 0) is 4.79 Å². The molecule has 0 unspecified atom stereocenters. The Hall–Kier alpha value is -2.13. The van der Waals surface area contributed by atoms with Crippen molar-refractivity contribution < 1.29 is 4.79 Å². The van der Waals surface area contributed by atoms with Gasteiger partial charge in [-0.1, -0.05) is 11.3 Å². The van der Waals surface area contributed by atoms with Crippen LogP contribution in [-0.4, -0.2) is 39.2 Å². The van der Waals surface area contributed by atoms with Crippen molar-refractivity contribution in [3.8, 4) is 0 Å². The Kier molecular flexibility index (Phi) is 4.58. The molecule has 1 N–H and O–H groups in total. The van der Waals surface area contributed by atoms with E-state index < -0.39 is 0 Å². The van der Waals surface area contributed by atoms with Crippen LogP contribution in [0.4, 0.5) is 10.8 Å². The van der Waals surface area contributed by atoms with Crippen molar-refractivity contribution in [3.63, 3.8) is 0 Å². The molecule has 4 heterocycles. The molecule has 1 aliphatic rings. The summed E-state index contributed by atoms with van der Waals surface area (Å²) < 4.78 is 0.914. The molecule has 3 aromatic heterocycles. The molecular weight excluding hydrogens is 404 g/mol. The van der Waals surface area contributed by atoms with Gasteiger partial charge < -0.3 is 10.2 Å². The molecule has 1 fully saturated rings. The van der Waals surface area contributed by atoms with Crippen molar-refractivity contribution in [2.75, 3.05) is 23.3 Å². The summed E-state index contributed by atoms with van der Waals surface area (Å²) in [6, 6.07) is 3.96. The highest BCUT2D eigenvalue weighted by Gasteiger charge is 2.26. The summed E-state index contributed by atoms with van der Waals surface area (Å²) in [4.78, 5) is 23.5. The van der Waals surface area contributed by atoms with Crippen LogP contribution in [0.3, 0.4) is 0 Å². The first kappa shape index (κ1) is 16.3. The van der Waals surface area contributed by atoms with E-state index in [1.807, 2.05) is 12.1 Å². The fourth-order valence-corrected chi connectivity index (χ4v) is 3.83. The summed E-state index contributed by atoms with van der Waals surface area (Å²) in [6.45, 7) is 1.62. The molecule has 4 rings (SSSR count). The van der Waals surface area contributed by atoms with Crippen LogP contribution in [0.2, 0.25) is 0 Å². The number of nitrogens with one attached hydrogen (secondary N) is 1. The first-order valence-electron chi connectivity index (χ1n) is 7.93. The monoisotopic (exact) mass is 418 g/mol. The second kappa shape index (κ2) is 7.01. The number of carbonyl (C=O) groups excluding carboxylic acids is 1. The minimum atomic E-state index is -0.00430. The molecule has 25 heavy (non-hydrogen) atoms. The van der Waals surface area contributed by atoms with Gasteiger partial charge in [-0.3, -0.25) is 14.8 Å². The molecule has 1 saturated heterocycles. The standard InChI is InChI=1S/C16H15BrN6OS/c17-11-7-12-14(19-8-11)13(1-4-18-12)23-5-2-10(3-6-23)15(24)21-16-22-20-9-25-16/h1,4,7-10H,2-3,5-6H2,(H,21,22,24). The number of anilines is 2. The summed E-state index contributed by atoms with van der Waals surface area (Å²) in [6.07, 6.45) is 5.19. The zero-order valence-corrected chi connectivity index (χ0v) is 15.6. The zero-order valence-electron chi connectivity index (χ0n) is 13.2. The van der Waals surface area contributed by atoms with Gasteiger partial charge in [0.15, 0.2) is 0 Å². The number of piperidine rings is 1. The first-order chi connectivity index (χ1) is 12.2. The second-order valence-corrected chi connectivity index (χ2v) is 7.59. The van der Waals surface area contributed by atoms with Gasteiger partial charge in [0.1, 0.15) is 11.0 Å². The van der Waals surface area contributed by atoms with E-state index in [1.54, 1.807) is 17.9 Å². The van der Waals surface area contributed by atoms with E-state index in [9.17, 15) is 4.79 Å². The maximum Gasteiger partial charge on any atom is 0.229 e. The lowest BCUT2D eigenvalue weighted by atomic mass is 9.95. The maximum absolute atomic E-state index is 12.3. The van der Waals surface area contributed by atoms with Crippen LogP contribution in [0.1, 0.15) is 12.8 Å². The first-order valence-corrected chi connectivity index (χ1v) is 9.60. The van der Waals surface area contributed by atoms with Crippen LogP contribution < -0.4 is 10.2 Å². The molecule has 0 bridgehead atoms. The highest BCUT2D eigenvalue weighted by molar-refractivity contribution is 9.10. The van der Waals surface area contributed by atoms with E-state index in [4.69, 9.17) is 0 Å². The van der Waals surface area contributed by atoms with E-state index in [0.29, 0.717) is 5.13 Å². The number of pyridine rings is 2. The third-order valence-corrected chi connectivity index (χ3v) is 5.36. The van der Waals surface area contributed by atoms with Crippen molar-refractivity contribution in [2.24, 2.45) is 5.92 Å². The largest absolute Gasteiger partial charge is 0.370 e. The summed E-state index contributed by atoms with van der Waals surface area (Å²) in [7, 11) is 0. The Bertz CT molecular complexity index is 895. The molecule has 7 nitrogen and oxygen atoms in total. The molecule has 1 amide bonds. The van der Waals surface area contributed by atoms with Gasteiger partial charge in [0.05, 0.1) is 11.2 Å². The van der Waals surface area contributed by atoms with Crippen molar-refractivity contribution >= 4 is 55.0 Å². The Morgan fingerprint density at radius 3 is 2.92 bits per heavy atom. The predicted molar refractivity (Wildman–Crippen MR) is 101 cm³/mol. The Balaban J connectivity index is 1.46. The lowest BCUT2D eigenvalue weighted by Gasteiger charge is -2.33. The zero-order chi connectivity index (χ0) is 17.2. The average molecular weight is 419 g/mol. The predicted octanol–water partition coefficient (Wildman–Crippen LogP) is 3.10. The molecule has 0 spiro atoms. The van der Waals surface area contributed by atoms with Crippen LogP contribution in [0.5, 0.6) is 0 Å². The van der Waals surface area contributed by atoms with Crippen LogP contribution in [0, 0.1) is 5.92 Å². The minimum absolute atomic E-state index is 0.00430. The van der Waals surface area contributed by atoms with Crippen molar-refractivity contribution in [1.82, 2.24) is 20.2 Å². The van der Waals surface area contributed by atoms with E-state index in [1.165, 1.54) is 11.3 Å². The SMILES string of the molecule is O=C(Nc1nncs1)C1CCN(c2ccnc3cc(Br)cnc23)CC1. The van der Waals surface area contributed by atoms with Gasteiger partial charge in [-0.15, -0.1) is 10.2 Å². The van der Waals surface area contributed by atoms with E-state index in [2.05, 4.69) is 46.3 Å². The third-order valence-electron chi connectivity index (χ3n) is 4.32. The fourth-order valence-electron chi connectivity index (χ4n) is 3.06. The molecular formula is C16H15BrN6OS. The summed E-state index contributed by atoms with van der Waals surface area (Å²) >= 11 is 4.76. The molecule has 0 aromatic carbocycles. The average Bonchev–Trinajstić information content (AvgIpc) is 3.14. The highest BCUT2D eigenvalue weighted by atomic mass is 79.9. The van der Waals surface area contributed by atoms with Gasteiger partial charge >= 0.3 is 0 Å². The van der Waals surface area contributed by atoms with E-state index in [0.717, 1.165) is 47.1 Å². The summed E-state index contributed by atoms with van der Waals surface area (Å²) in [5.41, 5.74) is 4.43. The van der Waals surface area contributed by atoms with Gasteiger partial charge in [0.2, 0.25) is 11.0 Å². The number of carbonyl (C=O) groups is 1. The van der Waals surface area contributed by atoms with Crippen LogP contribution >= 0.6 is 27.3 Å². The molecule has 0 aliphatic carbocycles. The highest BCUT2D eigenvalue weighted by Crippen LogP contribution is 2.29. The van der Waals surface area contributed by atoms with Gasteiger partial charge in [0.25, 0.3) is 0 Å². The number of aromatic nitrogens is 4. The number of nitrogens with zero attached hydrogens (tertiary/aromatic N) is 5. The van der Waals surface area contributed by atoms with Crippen molar-refractivity contribution in [1.29, 1.82) is 0 Å². The molecule has 128 valence electrons. The quantitative estimate of drug-likeness (QED) is 0.703. The number of fused-ring (bicyclic) bond motifs is 1. The van der Waals surface area contributed by atoms with Gasteiger partial charge in [-0.25, -0.2) is 0 Å². The van der Waals surface area contributed by atoms with Gasteiger partial charge in [-0.2, -0.15) is 0 Å². The molecule has 0 saturated carbocycles. The molecule has 3 aromatic rings. The smallest absolute Gasteiger partial charge is 0.229 e. The van der Waals surface area contributed by atoms with Crippen LogP contribution in [0.15, 0.2) is 34.5 Å². The maximum atomic E-state index is 12.3. The number of rotatable bonds is 3. The lowest BCUT2D eigenvalue weighted by molar-refractivity contribution is -0.120. The normalized spacial score (nSPS) is 15.5. The fraction of sp³-hybridized carbons (Fsp3) is 0.312. The second-order valence-electron chi connectivity index (χ2n) is 5.85. The van der Waals surface area contributed by atoms with Crippen molar-refractivity contribution in [3.05, 3.63) is 34.5 Å². The van der Waals surface area contributed by atoms with Crippen LogP contribution in [0.25, 0.3) is 11.0 Å². The van der Waals surface area contributed by atoms with Gasteiger partial charge in [-0.05, 0) is 40.9 Å². The topological polar surface area (TPSA) is 83.9 Å². The molecule has 0 radical (unpaired) electrons. The number of halogens is 1. The minimum Gasteiger partial charge on any atom is -0.370 e. The Labute approximate surface area is 156 Å². The van der Waals surface area contributed by atoms with E-state index >= 15 is 0 Å². The number of hydrogen-bond acceptors (Lipinski definition) is 7. The molecule has 1 aliphatic heterocycles. The Morgan fingerprint density at radius 1 is 1.32 bits per heavy atom. The summed E-state index contributed by atoms with van der Waals surface area (Å²) in [5.74, 6) is 0.0217.